The molecule has 1 N–H and O–H groups in total. The van der Waals surface area contributed by atoms with Crippen molar-refractivity contribution in [3.8, 4) is 0 Å². The Kier molecular flexibility index (Phi) is 7.02. The van der Waals surface area contributed by atoms with Crippen LogP contribution in [0.5, 0.6) is 0 Å². The van der Waals surface area contributed by atoms with Crippen LogP contribution in [0, 0.1) is 0 Å². The molecule has 0 aromatic heterocycles. The van der Waals surface area contributed by atoms with Gasteiger partial charge < -0.3 is 10.2 Å². The molecule has 0 aromatic carbocycles. The fourth-order valence-corrected chi connectivity index (χ4v) is 1.07. The van der Waals surface area contributed by atoms with Gasteiger partial charge in [0.25, 0.3) is 0 Å². The predicted octanol–water partition coefficient (Wildman–Crippen LogP) is 0.424. The minimum Gasteiger partial charge on any atom is -0.356 e. The van der Waals surface area contributed by atoms with Gasteiger partial charge in [-0.05, 0) is 40.4 Å². The van der Waals surface area contributed by atoms with Crippen LogP contribution >= 0.6 is 0 Å². The lowest BCUT2D eigenvalue weighted by Gasteiger charge is -2.09. The first-order chi connectivity index (χ1) is 6.52. The first-order valence-corrected chi connectivity index (χ1v) is 4.93. The molecule has 0 saturated carbocycles. The zero-order valence-electron chi connectivity index (χ0n) is 9.30. The van der Waals surface area contributed by atoms with Gasteiger partial charge in [0, 0.05) is 6.54 Å². The van der Waals surface area contributed by atoms with Gasteiger partial charge in [0.05, 0.1) is 6.42 Å². The summed E-state index contributed by atoms with van der Waals surface area (Å²) >= 11 is 0. The largest absolute Gasteiger partial charge is 0.356 e. The van der Waals surface area contributed by atoms with E-state index in [2.05, 4.69) is 10.2 Å². The van der Waals surface area contributed by atoms with E-state index in [1.54, 1.807) is 0 Å². The summed E-state index contributed by atoms with van der Waals surface area (Å²) in [5.74, 6) is -0.252. The van der Waals surface area contributed by atoms with Crippen molar-refractivity contribution in [3.63, 3.8) is 0 Å². The Hall–Kier alpha value is -0.900. The van der Waals surface area contributed by atoms with Crippen molar-refractivity contribution < 1.29 is 9.59 Å². The molecular weight excluding hydrogens is 180 g/mol. The van der Waals surface area contributed by atoms with E-state index in [4.69, 9.17) is 0 Å². The molecule has 0 atom stereocenters. The summed E-state index contributed by atoms with van der Waals surface area (Å²) in [4.78, 5) is 23.7. The molecule has 0 radical (unpaired) electrons. The van der Waals surface area contributed by atoms with Crippen LogP contribution in [0.2, 0.25) is 0 Å². The molecule has 0 aliphatic rings. The van der Waals surface area contributed by atoms with Crippen LogP contribution < -0.4 is 5.32 Å². The molecule has 0 aliphatic heterocycles. The summed E-state index contributed by atoms with van der Waals surface area (Å²) in [7, 11) is 4.04. The summed E-state index contributed by atoms with van der Waals surface area (Å²) in [6.07, 6.45) is 2.03. The number of unbranched alkanes of at least 4 members (excludes halogenated alkanes) is 1. The Morgan fingerprint density at radius 2 is 1.86 bits per heavy atom. The zero-order valence-corrected chi connectivity index (χ0v) is 9.30. The van der Waals surface area contributed by atoms with E-state index in [0.717, 1.165) is 19.4 Å². The first kappa shape index (κ1) is 13.1. The number of hydrogen-bond donors (Lipinski definition) is 1. The third kappa shape index (κ3) is 9.19. The van der Waals surface area contributed by atoms with Crippen molar-refractivity contribution in [1.29, 1.82) is 0 Å². The second-order valence-electron chi connectivity index (χ2n) is 3.74. The summed E-state index contributed by atoms with van der Waals surface area (Å²) in [6, 6.07) is 0. The molecule has 0 spiro atoms. The Morgan fingerprint density at radius 3 is 2.36 bits per heavy atom. The third-order valence-electron chi connectivity index (χ3n) is 1.76. The van der Waals surface area contributed by atoms with Crippen LogP contribution in [-0.2, 0) is 9.59 Å². The Labute approximate surface area is 85.7 Å². The molecule has 0 heterocycles. The van der Waals surface area contributed by atoms with E-state index in [1.807, 2.05) is 14.1 Å². The van der Waals surface area contributed by atoms with E-state index < -0.39 is 0 Å². The van der Waals surface area contributed by atoms with Crippen molar-refractivity contribution in [2.24, 2.45) is 0 Å². The van der Waals surface area contributed by atoms with Crippen LogP contribution in [0.1, 0.15) is 26.2 Å². The highest BCUT2D eigenvalue weighted by Gasteiger charge is 2.03. The second kappa shape index (κ2) is 7.50. The Morgan fingerprint density at radius 1 is 1.21 bits per heavy atom. The van der Waals surface area contributed by atoms with Crippen molar-refractivity contribution in [1.82, 2.24) is 10.2 Å². The number of nitrogens with one attached hydrogen (secondary N) is 1. The topological polar surface area (TPSA) is 49.4 Å². The van der Waals surface area contributed by atoms with Gasteiger partial charge in [-0.2, -0.15) is 0 Å². The number of Topliss-reactive ketones (excluding diaryl/α,β-unsaturated/α-hetero) is 1. The third-order valence-corrected chi connectivity index (χ3v) is 1.76. The summed E-state index contributed by atoms with van der Waals surface area (Å²) < 4.78 is 0. The number of nitrogens with zero attached hydrogens (tertiary/aromatic N) is 1. The monoisotopic (exact) mass is 200 g/mol. The molecule has 0 fully saturated rings. The lowest BCUT2D eigenvalue weighted by atomic mass is 10.2. The first-order valence-electron chi connectivity index (χ1n) is 4.93. The van der Waals surface area contributed by atoms with Crippen molar-refractivity contribution in [3.05, 3.63) is 0 Å². The van der Waals surface area contributed by atoms with Crippen LogP contribution in [0.4, 0.5) is 0 Å². The molecule has 0 bridgehead atoms. The maximum absolute atomic E-state index is 11.0. The second-order valence-corrected chi connectivity index (χ2v) is 3.74. The quantitative estimate of drug-likeness (QED) is 0.479. The molecule has 0 saturated heterocycles. The van der Waals surface area contributed by atoms with Gasteiger partial charge in [0.2, 0.25) is 5.91 Å². The molecule has 0 rings (SSSR count). The van der Waals surface area contributed by atoms with Gasteiger partial charge in [-0.1, -0.05) is 0 Å². The van der Waals surface area contributed by atoms with E-state index in [-0.39, 0.29) is 18.1 Å². The molecule has 82 valence electrons. The minimum absolute atomic E-state index is 0.00762. The lowest BCUT2D eigenvalue weighted by Crippen LogP contribution is -2.26. The number of rotatable bonds is 7. The normalized spacial score (nSPS) is 10.3. The molecule has 0 aliphatic carbocycles. The number of carbonyl (C=O) groups is 2. The maximum atomic E-state index is 11.0. The van der Waals surface area contributed by atoms with Gasteiger partial charge in [-0.15, -0.1) is 0 Å². The van der Waals surface area contributed by atoms with E-state index in [9.17, 15) is 9.59 Å². The number of hydrogen-bond acceptors (Lipinski definition) is 3. The molecule has 1 amide bonds. The average molecular weight is 200 g/mol. The molecule has 4 heteroatoms. The number of ketones is 1. The zero-order chi connectivity index (χ0) is 11.0. The molecule has 14 heavy (non-hydrogen) atoms. The van der Waals surface area contributed by atoms with Gasteiger partial charge >= 0.3 is 0 Å². The smallest absolute Gasteiger partial charge is 0.227 e. The van der Waals surface area contributed by atoms with Crippen LogP contribution in [0.25, 0.3) is 0 Å². The van der Waals surface area contributed by atoms with Crippen molar-refractivity contribution in [2.45, 2.75) is 26.2 Å². The lowest BCUT2D eigenvalue weighted by molar-refractivity contribution is -0.127. The summed E-state index contributed by atoms with van der Waals surface area (Å²) in [5, 5.41) is 2.71. The molecular formula is C10H20N2O2. The minimum atomic E-state index is -0.164. The fraction of sp³-hybridized carbons (Fsp3) is 0.800. The maximum Gasteiger partial charge on any atom is 0.227 e. The average Bonchev–Trinajstić information content (AvgIpc) is 2.01. The van der Waals surface area contributed by atoms with Crippen LogP contribution in [0.15, 0.2) is 0 Å². The number of amides is 1. The highest BCUT2D eigenvalue weighted by atomic mass is 16.2. The summed E-state index contributed by atoms with van der Waals surface area (Å²) in [6.45, 7) is 3.12. The van der Waals surface area contributed by atoms with Gasteiger partial charge in [-0.3, -0.25) is 9.59 Å². The van der Waals surface area contributed by atoms with E-state index in [0.29, 0.717) is 6.54 Å². The fourth-order valence-electron chi connectivity index (χ4n) is 1.07. The highest BCUT2D eigenvalue weighted by Crippen LogP contribution is 1.89. The molecule has 0 unspecified atom stereocenters. The van der Waals surface area contributed by atoms with Crippen molar-refractivity contribution in [2.75, 3.05) is 27.2 Å². The number of carbonyl (C=O) groups excluding carboxylic acids is 2. The van der Waals surface area contributed by atoms with Crippen molar-refractivity contribution >= 4 is 11.7 Å². The van der Waals surface area contributed by atoms with Gasteiger partial charge in [0.15, 0.2) is 0 Å². The standard InChI is InChI=1S/C10H20N2O2/c1-9(13)8-10(14)11-6-4-5-7-12(2)3/h4-8H2,1-3H3,(H,11,14). The Balaban J connectivity index is 3.27. The predicted molar refractivity (Wildman–Crippen MR) is 56.1 cm³/mol. The van der Waals surface area contributed by atoms with Crippen LogP contribution in [0.3, 0.4) is 0 Å². The van der Waals surface area contributed by atoms with E-state index in [1.165, 1.54) is 6.92 Å². The molecule has 4 nitrogen and oxygen atoms in total. The van der Waals surface area contributed by atoms with Gasteiger partial charge in [0.1, 0.15) is 5.78 Å². The van der Waals surface area contributed by atoms with Gasteiger partial charge in [-0.25, -0.2) is 0 Å². The SMILES string of the molecule is CC(=O)CC(=O)NCCCCN(C)C. The summed E-state index contributed by atoms with van der Waals surface area (Å²) in [5.41, 5.74) is 0. The molecule has 0 aromatic rings. The highest BCUT2D eigenvalue weighted by molar-refractivity contribution is 5.96. The Bertz CT molecular complexity index is 191. The van der Waals surface area contributed by atoms with Crippen LogP contribution in [-0.4, -0.2) is 43.8 Å². The van der Waals surface area contributed by atoms with E-state index >= 15 is 0 Å².